The Kier molecular flexibility index (Phi) is 3.60. The van der Waals surface area contributed by atoms with Gasteiger partial charge >= 0.3 is 0 Å². The van der Waals surface area contributed by atoms with Crippen molar-refractivity contribution in [1.82, 2.24) is 0 Å². The smallest absolute Gasteiger partial charge is 0.124 e. The number of nitrogens with one attached hydrogen (secondary N) is 1. The number of hydrogen-bond acceptors (Lipinski definition) is 3. The Labute approximate surface area is 100 Å². The van der Waals surface area contributed by atoms with Gasteiger partial charge in [-0.05, 0) is 31.0 Å². The molecule has 0 amide bonds. The maximum atomic E-state index is 13.0. The highest BCUT2D eigenvalue weighted by atomic mass is 19.1. The third-order valence-corrected chi connectivity index (χ3v) is 3.26. The summed E-state index contributed by atoms with van der Waals surface area (Å²) in [6.45, 7) is 0. The summed E-state index contributed by atoms with van der Waals surface area (Å²) in [7, 11) is 0. The molecule has 0 heterocycles. The second kappa shape index (κ2) is 5.15. The molecule has 1 aliphatic rings. The van der Waals surface area contributed by atoms with Crippen molar-refractivity contribution in [1.29, 1.82) is 5.26 Å². The summed E-state index contributed by atoms with van der Waals surface area (Å²) in [5, 5.41) is 12.2. The predicted octanol–water partition coefficient (Wildman–Crippen LogP) is 2.38. The summed E-state index contributed by atoms with van der Waals surface area (Å²) in [6, 6.07) is 6.50. The second-order valence-electron chi connectivity index (χ2n) is 4.50. The van der Waals surface area contributed by atoms with Crippen molar-refractivity contribution >= 4 is 5.69 Å². The molecule has 0 saturated heterocycles. The maximum Gasteiger partial charge on any atom is 0.124 e. The van der Waals surface area contributed by atoms with Crippen LogP contribution >= 0.6 is 0 Å². The van der Waals surface area contributed by atoms with Crippen molar-refractivity contribution in [3.8, 4) is 6.07 Å². The van der Waals surface area contributed by atoms with Crippen LogP contribution in [0.5, 0.6) is 0 Å². The molecule has 0 spiro atoms. The van der Waals surface area contributed by atoms with E-state index in [4.69, 9.17) is 11.0 Å². The molecule has 1 aromatic rings. The molecule has 2 rings (SSSR count). The molecule has 17 heavy (non-hydrogen) atoms. The van der Waals surface area contributed by atoms with E-state index in [0.29, 0.717) is 11.3 Å². The van der Waals surface area contributed by atoms with E-state index in [9.17, 15) is 4.39 Å². The zero-order valence-corrected chi connectivity index (χ0v) is 9.62. The average Bonchev–Trinajstić information content (AvgIpc) is 2.34. The summed E-state index contributed by atoms with van der Waals surface area (Å²) in [5.74, 6) is -0.389. The lowest BCUT2D eigenvalue weighted by molar-refractivity contribution is 0.404. The van der Waals surface area contributed by atoms with Crippen molar-refractivity contribution in [3.63, 3.8) is 0 Å². The van der Waals surface area contributed by atoms with E-state index in [1.165, 1.54) is 12.1 Å². The van der Waals surface area contributed by atoms with E-state index in [-0.39, 0.29) is 17.9 Å². The molecule has 1 aliphatic carbocycles. The number of halogens is 1. The van der Waals surface area contributed by atoms with Gasteiger partial charge in [0.1, 0.15) is 11.9 Å². The highest BCUT2D eigenvalue weighted by Crippen LogP contribution is 2.23. The first-order valence-electron chi connectivity index (χ1n) is 5.92. The number of nitriles is 1. The van der Waals surface area contributed by atoms with Gasteiger partial charge in [-0.3, -0.25) is 0 Å². The van der Waals surface area contributed by atoms with Crippen LogP contribution in [0.25, 0.3) is 0 Å². The number of hydrogen-bond donors (Lipinski definition) is 2. The van der Waals surface area contributed by atoms with Crippen LogP contribution in [-0.2, 0) is 0 Å². The monoisotopic (exact) mass is 233 g/mol. The summed E-state index contributed by atoms with van der Waals surface area (Å²) < 4.78 is 13.0. The van der Waals surface area contributed by atoms with E-state index < -0.39 is 0 Å². The number of rotatable bonds is 2. The SMILES string of the molecule is N#Cc1cc(F)ccc1NC1CCCCC1N. The van der Waals surface area contributed by atoms with Crippen molar-refractivity contribution in [2.45, 2.75) is 37.8 Å². The van der Waals surface area contributed by atoms with Crippen LogP contribution in [-0.4, -0.2) is 12.1 Å². The fraction of sp³-hybridized carbons (Fsp3) is 0.462. The van der Waals surface area contributed by atoms with E-state index in [2.05, 4.69) is 5.32 Å². The highest BCUT2D eigenvalue weighted by Gasteiger charge is 2.22. The summed E-state index contributed by atoms with van der Waals surface area (Å²) in [4.78, 5) is 0. The summed E-state index contributed by atoms with van der Waals surface area (Å²) in [6.07, 6.45) is 4.31. The Bertz CT molecular complexity index is 439. The standard InChI is InChI=1S/C13H16FN3/c14-10-5-6-12(9(7-10)8-15)17-13-4-2-1-3-11(13)16/h5-7,11,13,17H,1-4,16H2. The lowest BCUT2D eigenvalue weighted by Gasteiger charge is -2.30. The number of benzene rings is 1. The first-order valence-corrected chi connectivity index (χ1v) is 5.92. The van der Waals surface area contributed by atoms with Gasteiger partial charge in [0.05, 0.1) is 11.3 Å². The van der Waals surface area contributed by atoms with E-state index in [0.717, 1.165) is 25.7 Å². The van der Waals surface area contributed by atoms with Crippen LogP contribution in [0.15, 0.2) is 18.2 Å². The normalized spacial score (nSPS) is 24.1. The molecule has 0 aliphatic heterocycles. The van der Waals surface area contributed by atoms with Gasteiger partial charge in [0, 0.05) is 12.1 Å². The topological polar surface area (TPSA) is 61.8 Å². The zero-order chi connectivity index (χ0) is 12.3. The third kappa shape index (κ3) is 2.75. The quantitative estimate of drug-likeness (QED) is 0.824. The number of nitrogens with zero attached hydrogens (tertiary/aromatic N) is 1. The predicted molar refractivity (Wildman–Crippen MR) is 65.0 cm³/mol. The van der Waals surface area contributed by atoms with Crippen LogP contribution < -0.4 is 11.1 Å². The first-order chi connectivity index (χ1) is 8.20. The Balaban J connectivity index is 2.15. The van der Waals surface area contributed by atoms with Gasteiger partial charge in [-0.25, -0.2) is 4.39 Å². The Morgan fingerprint density at radius 2 is 2.12 bits per heavy atom. The minimum atomic E-state index is -0.389. The van der Waals surface area contributed by atoms with Gasteiger partial charge in [-0.1, -0.05) is 12.8 Å². The maximum absolute atomic E-state index is 13.0. The van der Waals surface area contributed by atoms with Crippen molar-refractivity contribution < 1.29 is 4.39 Å². The summed E-state index contributed by atoms with van der Waals surface area (Å²) >= 11 is 0. The molecule has 3 nitrogen and oxygen atoms in total. The van der Waals surface area contributed by atoms with Gasteiger partial charge in [-0.15, -0.1) is 0 Å². The van der Waals surface area contributed by atoms with Crippen LogP contribution in [0.4, 0.5) is 10.1 Å². The molecule has 1 fully saturated rings. The molecule has 90 valence electrons. The van der Waals surface area contributed by atoms with Crippen LogP contribution in [0.3, 0.4) is 0 Å². The molecule has 2 atom stereocenters. The van der Waals surface area contributed by atoms with E-state index in [1.54, 1.807) is 6.07 Å². The molecule has 2 unspecified atom stereocenters. The largest absolute Gasteiger partial charge is 0.380 e. The number of nitrogens with two attached hydrogens (primary N) is 1. The average molecular weight is 233 g/mol. The minimum absolute atomic E-state index is 0.111. The van der Waals surface area contributed by atoms with Crippen molar-refractivity contribution in [3.05, 3.63) is 29.6 Å². The Morgan fingerprint density at radius 3 is 2.82 bits per heavy atom. The van der Waals surface area contributed by atoms with Gasteiger partial charge < -0.3 is 11.1 Å². The second-order valence-corrected chi connectivity index (χ2v) is 4.50. The molecule has 0 bridgehead atoms. The van der Waals surface area contributed by atoms with Crippen LogP contribution in [0.1, 0.15) is 31.2 Å². The van der Waals surface area contributed by atoms with Gasteiger partial charge in [0.2, 0.25) is 0 Å². The van der Waals surface area contributed by atoms with E-state index in [1.807, 2.05) is 6.07 Å². The fourth-order valence-corrected chi connectivity index (χ4v) is 2.27. The molecular formula is C13H16FN3. The molecule has 0 radical (unpaired) electrons. The molecule has 1 aromatic carbocycles. The van der Waals surface area contributed by atoms with Crippen LogP contribution in [0, 0.1) is 17.1 Å². The van der Waals surface area contributed by atoms with Crippen LogP contribution in [0.2, 0.25) is 0 Å². The molecule has 1 saturated carbocycles. The molecule has 3 N–H and O–H groups in total. The lowest BCUT2D eigenvalue weighted by Crippen LogP contribution is -2.42. The first kappa shape index (κ1) is 11.9. The number of anilines is 1. The fourth-order valence-electron chi connectivity index (χ4n) is 2.27. The molecule has 4 heteroatoms. The third-order valence-electron chi connectivity index (χ3n) is 3.26. The molecule has 0 aromatic heterocycles. The highest BCUT2D eigenvalue weighted by molar-refractivity contribution is 5.58. The summed E-state index contributed by atoms with van der Waals surface area (Å²) in [5.41, 5.74) is 7.04. The van der Waals surface area contributed by atoms with E-state index >= 15 is 0 Å². The van der Waals surface area contributed by atoms with Gasteiger partial charge in [0.15, 0.2) is 0 Å². The van der Waals surface area contributed by atoms with Crippen molar-refractivity contribution in [2.24, 2.45) is 5.73 Å². The zero-order valence-electron chi connectivity index (χ0n) is 9.62. The van der Waals surface area contributed by atoms with Crippen molar-refractivity contribution in [2.75, 3.05) is 5.32 Å². The van der Waals surface area contributed by atoms with Gasteiger partial charge in [-0.2, -0.15) is 5.26 Å². The lowest BCUT2D eigenvalue weighted by atomic mass is 9.90. The Hall–Kier alpha value is -1.60. The Morgan fingerprint density at radius 1 is 1.35 bits per heavy atom. The minimum Gasteiger partial charge on any atom is -0.380 e. The van der Waals surface area contributed by atoms with Gasteiger partial charge in [0.25, 0.3) is 0 Å². The molecular weight excluding hydrogens is 217 g/mol.